The van der Waals surface area contributed by atoms with Crippen LogP contribution in [0.5, 0.6) is 0 Å². The highest BCUT2D eigenvalue weighted by Gasteiger charge is 2.25. The maximum absolute atomic E-state index is 6.32. The molecule has 0 spiro atoms. The van der Waals surface area contributed by atoms with Crippen LogP contribution < -0.4 is 5.73 Å². The zero-order valence-electron chi connectivity index (χ0n) is 13.5. The van der Waals surface area contributed by atoms with Crippen molar-refractivity contribution in [2.45, 2.75) is 38.8 Å². The van der Waals surface area contributed by atoms with Gasteiger partial charge in [0.1, 0.15) is 0 Å². The molecule has 0 amide bonds. The fourth-order valence-corrected chi connectivity index (χ4v) is 3.28. The largest absolute Gasteiger partial charge is 0.324 e. The smallest absolute Gasteiger partial charge is 0.0307 e. The van der Waals surface area contributed by atoms with Crippen molar-refractivity contribution in [3.8, 4) is 0 Å². The Balaban J connectivity index is 1.77. The first-order valence-electron chi connectivity index (χ1n) is 7.85. The summed E-state index contributed by atoms with van der Waals surface area (Å²) in [6.45, 7) is 12.6. The molecular formula is C17H28BrN3. The minimum atomic E-state index is 0.128. The number of hydrogen-bond acceptors (Lipinski definition) is 3. The van der Waals surface area contributed by atoms with Crippen molar-refractivity contribution in [1.29, 1.82) is 0 Å². The number of nitrogens with two attached hydrogens (primary N) is 1. The first-order chi connectivity index (χ1) is 9.86. The van der Waals surface area contributed by atoms with E-state index in [-0.39, 0.29) is 6.04 Å². The van der Waals surface area contributed by atoms with Gasteiger partial charge in [-0.15, -0.1) is 0 Å². The molecule has 1 unspecified atom stereocenters. The number of hydrogen-bond donors (Lipinski definition) is 1. The van der Waals surface area contributed by atoms with Crippen LogP contribution in [0.1, 0.15) is 38.8 Å². The predicted octanol–water partition coefficient (Wildman–Crippen LogP) is 3.26. The number of benzene rings is 1. The van der Waals surface area contributed by atoms with Crippen molar-refractivity contribution in [2.75, 3.05) is 32.7 Å². The van der Waals surface area contributed by atoms with Crippen LogP contribution in [-0.2, 0) is 0 Å². The van der Waals surface area contributed by atoms with E-state index in [4.69, 9.17) is 5.73 Å². The van der Waals surface area contributed by atoms with E-state index in [1.165, 1.54) is 5.56 Å². The number of rotatable bonds is 4. The van der Waals surface area contributed by atoms with Gasteiger partial charge in [0.15, 0.2) is 0 Å². The van der Waals surface area contributed by atoms with E-state index >= 15 is 0 Å². The van der Waals surface area contributed by atoms with Crippen LogP contribution in [0.15, 0.2) is 28.7 Å². The van der Waals surface area contributed by atoms with Crippen LogP contribution >= 0.6 is 15.9 Å². The molecule has 1 aromatic rings. The normalized spacial score (nSPS) is 19.7. The summed E-state index contributed by atoms with van der Waals surface area (Å²) in [5.74, 6) is 0. The molecular weight excluding hydrogens is 326 g/mol. The minimum absolute atomic E-state index is 0.128. The molecule has 21 heavy (non-hydrogen) atoms. The Labute approximate surface area is 137 Å². The second-order valence-electron chi connectivity index (χ2n) is 6.95. The van der Waals surface area contributed by atoms with Crippen LogP contribution in [0.2, 0.25) is 0 Å². The second-order valence-corrected chi connectivity index (χ2v) is 7.87. The molecule has 1 atom stereocenters. The van der Waals surface area contributed by atoms with Gasteiger partial charge < -0.3 is 10.6 Å². The van der Waals surface area contributed by atoms with Crippen LogP contribution in [0, 0.1) is 0 Å². The molecule has 2 rings (SSSR count). The van der Waals surface area contributed by atoms with Crippen molar-refractivity contribution >= 4 is 15.9 Å². The molecule has 2 N–H and O–H groups in total. The zero-order chi connectivity index (χ0) is 15.5. The number of piperazine rings is 1. The van der Waals surface area contributed by atoms with Gasteiger partial charge in [-0.05, 0) is 44.9 Å². The summed E-state index contributed by atoms with van der Waals surface area (Å²) in [5, 5.41) is 0. The minimum Gasteiger partial charge on any atom is -0.324 e. The highest BCUT2D eigenvalue weighted by molar-refractivity contribution is 9.10. The predicted molar refractivity (Wildman–Crippen MR) is 93.5 cm³/mol. The van der Waals surface area contributed by atoms with Gasteiger partial charge in [-0.1, -0.05) is 28.1 Å². The van der Waals surface area contributed by atoms with Crippen LogP contribution in [0.25, 0.3) is 0 Å². The van der Waals surface area contributed by atoms with Crippen molar-refractivity contribution in [3.05, 3.63) is 34.3 Å². The molecule has 0 bridgehead atoms. The molecule has 0 aromatic heterocycles. The van der Waals surface area contributed by atoms with E-state index < -0.39 is 0 Å². The average molecular weight is 354 g/mol. The Morgan fingerprint density at radius 3 is 2.43 bits per heavy atom. The monoisotopic (exact) mass is 353 g/mol. The topological polar surface area (TPSA) is 32.5 Å². The molecule has 118 valence electrons. The van der Waals surface area contributed by atoms with Crippen LogP contribution in [0.3, 0.4) is 0 Å². The third-order valence-electron chi connectivity index (χ3n) is 4.35. The van der Waals surface area contributed by atoms with Gasteiger partial charge >= 0.3 is 0 Å². The van der Waals surface area contributed by atoms with E-state index in [9.17, 15) is 0 Å². The van der Waals surface area contributed by atoms with E-state index in [1.54, 1.807) is 0 Å². The van der Waals surface area contributed by atoms with Crippen molar-refractivity contribution in [1.82, 2.24) is 9.80 Å². The quantitative estimate of drug-likeness (QED) is 0.901. The maximum Gasteiger partial charge on any atom is 0.0307 e. The molecule has 1 aliphatic heterocycles. The van der Waals surface area contributed by atoms with Crippen LogP contribution in [0.4, 0.5) is 0 Å². The SMILES string of the molecule is CC(C)(C)N1CCN(CCC(N)c2cccc(Br)c2)CC1. The summed E-state index contributed by atoms with van der Waals surface area (Å²) >= 11 is 3.51. The molecule has 4 heteroatoms. The third kappa shape index (κ3) is 5.06. The van der Waals surface area contributed by atoms with Crippen molar-refractivity contribution in [3.63, 3.8) is 0 Å². The highest BCUT2D eigenvalue weighted by Crippen LogP contribution is 2.20. The van der Waals surface area contributed by atoms with Crippen molar-refractivity contribution < 1.29 is 0 Å². The Kier molecular flexibility index (Phi) is 5.83. The summed E-state index contributed by atoms with van der Waals surface area (Å²) in [5.41, 5.74) is 7.83. The summed E-state index contributed by atoms with van der Waals surface area (Å²) in [6, 6.07) is 8.47. The highest BCUT2D eigenvalue weighted by atomic mass is 79.9. The van der Waals surface area contributed by atoms with Gasteiger partial charge in [-0.3, -0.25) is 4.90 Å². The lowest BCUT2D eigenvalue weighted by Crippen LogP contribution is -2.53. The van der Waals surface area contributed by atoms with E-state index in [1.807, 2.05) is 6.07 Å². The lowest BCUT2D eigenvalue weighted by atomic mass is 10.0. The second kappa shape index (κ2) is 7.23. The third-order valence-corrected chi connectivity index (χ3v) is 4.85. The summed E-state index contributed by atoms with van der Waals surface area (Å²) in [6.07, 6.45) is 1.02. The first-order valence-corrected chi connectivity index (χ1v) is 8.64. The summed E-state index contributed by atoms with van der Waals surface area (Å²) in [7, 11) is 0. The molecule has 0 saturated carbocycles. The van der Waals surface area contributed by atoms with Crippen molar-refractivity contribution in [2.24, 2.45) is 5.73 Å². The van der Waals surface area contributed by atoms with Gasteiger partial charge in [0.2, 0.25) is 0 Å². The van der Waals surface area contributed by atoms with Gasteiger partial charge in [0.05, 0.1) is 0 Å². The lowest BCUT2D eigenvalue weighted by molar-refractivity contribution is 0.0611. The maximum atomic E-state index is 6.32. The first kappa shape index (κ1) is 16.9. The summed E-state index contributed by atoms with van der Waals surface area (Å²) in [4.78, 5) is 5.11. The number of halogens is 1. The summed E-state index contributed by atoms with van der Waals surface area (Å²) < 4.78 is 1.11. The molecule has 0 radical (unpaired) electrons. The van der Waals surface area contributed by atoms with E-state index in [0.29, 0.717) is 5.54 Å². The molecule has 1 saturated heterocycles. The zero-order valence-corrected chi connectivity index (χ0v) is 15.1. The van der Waals surface area contributed by atoms with E-state index in [0.717, 1.165) is 43.6 Å². The molecule has 3 nitrogen and oxygen atoms in total. The van der Waals surface area contributed by atoms with Gasteiger partial charge in [0.25, 0.3) is 0 Å². The fraction of sp³-hybridized carbons (Fsp3) is 0.647. The Morgan fingerprint density at radius 2 is 1.86 bits per heavy atom. The molecule has 0 aliphatic carbocycles. The Morgan fingerprint density at radius 1 is 1.19 bits per heavy atom. The average Bonchev–Trinajstić information content (AvgIpc) is 2.44. The van der Waals surface area contributed by atoms with Gasteiger partial charge in [-0.2, -0.15) is 0 Å². The number of nitrogens with zero attached hydrogens (tertiary/aromatic N) is 2. The van der Waals surface area contributed by atoms with Gasteiger partial charge in [-0.25, -0.2) is 0 Å². The molecule has 1 aromatic carbocycles. The molecule has 1 heterocycles. The Bertz CT molecular complexity index is 448. The standard InChI is InChI=1S/C17H28BrN3/c1-17(2,3)21-11-9-20(10-12-21)8-7-16(19)14-5-4-6-15(18)13-14/h4-6,13,16H,7-12,19H2,1-3H3. The molecule has 1 fully saturated rings. The molecule has 1 aliphatic rings. The Hall–Kier alpha value is -0.420. The van der Waals surface area contributed by atoms with E-state index in [2.05, 4.69) is 64.7 Å². The van der Waals surface area contributed by atoms with Crippen LogP contribution in [-0.4, -0.2) is 48.1 Å². The fourth-order valence-electron chi connectivity index (χ4n) is 2.87. The van der Waals surface area contributed by atoms with Gasteiger partial charge in [0, 0.05) is 48.8 Å². The lowest BCUT2D eigenvalue weighted by Gasteiger charge is -2.42.